The first-order valence-electron chi connectivity index (χ1n) is 8.69. The Morgan fingerprint density at radius 2 is 1.46 bits per heavy atom. The number of rotatable bonds is 8. The molecule has 2 aromatic rings. The van der Waals surface area contributed by atoms with Crippen LogP contribution in [0.5, 0.6) is 23.0 Å². The van der Waals surface area contributed by atoms with Crippen LogP contribution in [-0.2, 0) is 4.79 Å². The van der Waals surface area contributed by atoms with Crippen LogP contribution in [0.1, 0.15) is 24.2 Å². The number of nitrogens with one attached hydrogen (secondary N) is 2. The second-order valence-corrected chi connectivity index (χ2v) is 5.71. The summed E-state index contributed by atoms with van der Waals surface area (Å²) in [5, 5.41) is 0. The van der Waals surface area contributed by atoms with Gasteiger partial charge in [-0.25, -0.2) is 0 Å². The molecule has 2 aromatic carbocycles. The first kappa shape index (κ1) is 20.9. The maximum Gasteiger partial charge on any atom is 0.279 e. The highest BCUT2D eigenvalue weighted by Crippen LogP contribution is 2.22. The maximum absolute atomic E-state index is 12.3. The van der Waals surface area contributed by atoms with Crippen molar-refractivity contribution in [1.29, 1.82) is 0 Å². The zero-order valence-electron chi connectivity index (χ0n) is 16.3. The Kier molecular flexibility index (Phi) is 7.50. The van der Waals surface area contributed by atoms with Gasteiger partial charge in [-0.05, 0) is 50.2 Å². The van der Waals surface area contributed by atoms with E-state index in [2.05, 4.69) is 10.9 Å². The summed E-state index contributed by atoms with van der Waals surface area (Å²) >= 11 is 0. The summed E-state index contributed by atoms with van der Waals surface area (Å²) in [6.45, 7) is 4.04. The molecule has 0 saturated heterocycles. The maximum atomic E-state index is 12.3. The zero-order valence-corrected chi connectivity index (χ0v) is 16.3. The molecule has 0 unspecified atom stereocenters. The minimum Gasteiger partial charge on any atom is -0.497 e. The van der Waals surface area contributed by atoms with E-state index in [0.717, 1.165) is 0 Å². The van der Waals surface area contributed by atoms with Crippen molar-refractivity contribution in [2.24, 2.45) is 0 Å². The van der Waals surface area contributed by atoms with Gasteiger partial charge in [0.05, 0.1) is 20.8 Å². The van der Waals surface area contributed by atoms with E-state index in [1.165, 1.54) is 26.4 Å². The molecule has 0 aromatic heterocycles. The topological polar surface area (TPSA) is 95.1 Å². The molecule has 0 spiro atoms. The minimum atomic E-state index is -0.821. The monoisotopic (exact) mass is 388 g/mol. The van der Waals surface area contributed by atoms with Gasteiger partial charge in [0.1, 0.15) is 23.0 Å². The van der Waals surface area contributed by atoms with Gasteiger partial charge in [0.2, 0.25) is 0 Å². The molecule has 150 valence electrons. The first-order chi connectivity index (χ1) is 13.5. The lowest BCUT2D eigenvalue weighted by molar-refractivity contribution is -0.128. The first-order valence-corrected chi connectivity index (χ1v) is 8.69. The van der Waals surface area contributed by atoms with Crippen LogP contribution in [-0.4, -0.2) is 38.7 Å². The highest BCUT2D eigenvalue weighted by molar-refractivity contribution is 5.96. The molecule has 0 radical (unpaired) electrons. The van der Waals surface area contributed by atoms with Gasteiger partial charge in [0.15, 0.2) is 6.10 Å². The molecule has 0 fully saturated rings. The van der Waals surface area contributed by atoms with E-state index in [1.807, 2.05) is 6.92 Å². The van der Waals surface area contributed by atoms with Crippen LogP contribution in [0.15, 0.2) is 42.5 Å². The van der Waals surface area contributed by atoms with Crippen LogP contribution >= 0.6 is 0 Å². The van der Waals surface area contributed by atoms with Gasteiger partial charge in [-0.3, -0.25) is 20.4 Å². The molecule has 0 heterocycles. The van der Waals surface area contributed by atoms with Gasteiger partial charge in [0.25, 0.3) is 11.8 Å². The fraction of sp³-hybridized carbons (Fsp3) is 0.300. The second kappa shape index (κ2) is 10.1. The summed E-state index contributed by atoms with van der Waals surface area (Å²) in [5.74, 6) is 1.13. The van der Waals surface area contributed by atoms with Crippen molar-refractivity contribution in [1.82, 2.24) is 10.9 Å². The van der Waals surface area contributed by atoms with E-state index < -0.39 is 17.9 Å². The molecule has 0 saturated carbocycles. The van der Waals surface area contributed by atoms with Gasteiger partial charge in [-0.1, -0.05) is 0 Å². The third kappa shape index (κ3) is 5.80. The number of hydrazine groups is 1. The van der Waals surface area contributed by atoms with Gasteiger partial charge in [-0.15, -0.1) is 0 Å². The third-order valence-electron chi connectivity index (χ3n) is 3.73. The van der Waals surface area contributed by atoms with Gasteiger partial charge < -0.3 is 18.9 Å². The number of carbonyl (C=O) groups excluding carboxylic acids is 2. The van der Waals surface area contributed by atoms with Crippen LogP contribution < -0.4 is 29.8 Å². The number of carbonyl (C=O) groups is 2. The quantitative estimate of drug-likeness (QED) is 0.674. The lowest BCUT2D eigenvalue weighted by Crippen LogP contribution is -2.47. The molecule has 8 heteroatoms. The molecule has 0 aliphatic rings. The largest absolute Gasteiger partial charge is 0.497 e. The predicted molar refractivity (Wildman–Crippen MR) is 103 cm³/mol. The Morgan fingerprint density at radius 3 is 2.00 bits per heavy atom. The van der Waals surface area contributed by atoms with Gasteiger partial charge in [-0.2, -0.15) is 0 Å². The molecule has 2 rings (SSSR count). The average molecular weight is 388 g/mol. The predicted octanol–water partition coefficient (Wildman–Crippen LogP) is 2.33. The van der Waals surface area contributed by atoms with Crippen molar-refractivity contribution in [2.45, 2.75) is 20.0 Å². The normalized spacial score (nSPS) is 11.1. The van der Waals surface area contributed by atoms with Crippen molar-refractivity contribution < 1.29 is 28.5 Å². The molecule has 2 amide bonds. The SMILES string of the molecule is CCOc1ccc(O[C@@H](C)C(=O)NNC(=O)c2cc(OC)cc(OC)c2)cc1. The molecule has 1 atom stereocenters. The summed E-state index contributed by atoms with van der Waals surface area (Å²) in [4.78, 5) is 24.4. The molecular formula is C20H24N2O6. The standard InChI is InChI=1S/C20H24N2O6/c1-5-27-15-6-8-16(9-7-15)28-13(2)19(23)21-22-20(24)14-10-17(25-3)12-18(11-14)26-4/h6-13H,5H2,1-4H3,(H,21,23)(H,22,24)/t13-/m0/s1. The van der Waals surface area contributed by atoms with Crippen molar-refractivity contribution in [3.05, 3.63) is 48.0 Å². The number of hydrogen-bond acceptors (Lipinski definition) is 6. The molecule has 2 N–H and O–H groups in total. The molecule has 0 aliphatic heterocycles. The van der Waals surface area contributed by atoms with Crippen molar-refractivity contribution >= 4 is 11.8 Å². The molecule has 0 bridgehead atoms. The Hall–Kier alpha value is -3.42. The summed E-state index contributed by atoms with van der Waals surface area (Å²) in [6, 6.07) is 11.6. The Labute approximate surface area is 163 Å². The van der Waals surface area contributed by atoms with E-state index in [-0.39, 0.29) is 5.56 Å². The summed E-state index contributed by atoms with van der Waals surface area (Å²) in [7, 11) is 2.97. The van der Waals surface area contributed by atoms with Crippen LogP contribution in [0.4, 0.5) is 0 Å². The van der Waals surface area contributed by atoms with E-state index in [9.17, 15) is 9.59 Å². The lowest BCUT2D eigenvalue weighted by Gasteiger charge is -2.16. The van der Waals surface area contributed by atoms with E-state index in [4.69, 9.17) is 18.9 Å². The number of hydrogen-bond donors (Lipinski definition) is 2. The molecule has 0 aliphatic carbocycles. The Morgan fingerprint density at radius 1 is 0.893 bits per heavy atom. The summed E-state index contributed by atoms with van der Waals surface area (Å²) in [6.07, 6.45) is -0.821. The van der Waals surface area contributed by atoms with E-state index >= 15 is 0 Å². The van der Waals surface area contributed by atoms with Crippen LogP contribution in [0.25, 0.3) is 0 Å². The third-order valence-corrected chi connectivity index (χ3v) is 3.73. The van der Waals surface area contributed by atoms with Crippen molar-refractivity contribution in [3.63, 3.8) is 0 Å². The van der Waals surface area contributed by atoms with E-state index in [0.29, 0.717) is 29.6 Å². The molecule has 8 nitrogen and oxygen atoms in total. The zero-order chi connectivity index (χ0) is 20.5. The smallest absolute Gasteiger partial charge is 0.279 e. The van der Waals surface area contributed by atoms with Gasteiger partial charge in [0, 0.05) is 11.6 Å². The summed E-state index contributed by atoms with van der Waals surface area (Å²) < 4.78 is 21.2. The number of methoxy groups -OCH3 is 2. The fourth-order valence-electron chi connectivity index (χ4n) is 2.27. The van der Waals surface area contributed by atoms with Crippen molar-refractivity contribution in [2.75, 3.05) is 20.8 Å². The number of ether oxygens (including phenoxy) is 4. The fourth-order valence-corrected chi connectivity index (χ4v) is 2.27. The van der Waals surface area contributed by atoms with Crippen LogP contribution in [0.2, 0.25) is 0 Å². The highest BCUT2D eigenvalue weighted by Gasteiger charge is 2.17. The van der Waals surface area contributed by atoms with Crippen molar-refractivity contribution in [3.8, 4) is 23.0 Å². The van der Waals surface area contributed by atoms with E-state index in [1.54, 1.807) is 37.3 Å². The Bertz CT molecular complexity index is 785. The summed E-state index contributed by atoms with van der Waals surface area (Å²) in [5.41, 5.74) is 4.96. The second-order valence-electron chi connectivity index (χ2n) is 5.71. The highest BCUT2D eigenvalue weighted by atomic mass is 16.5. The molecule has 28 heavy (non-hydrogen) atoms. The van der Waals surface area contributed by atoms with Crippen LogP contribution in [0, 0.1) is 0 Å². The molecular weight excluding hydrogens is 364 g/mol. The average Bonchev–Trinajstić information content (AvgIpc) is 2.72. The lowest BCUT2D eigenvalue weighted by atomic mass is 10.2. The van der Waals surface area contributed by atoms with Crippen LogP contribution in [0.3, 0.4) is 0 Å². The minimum absolute atomic E-state index is 0.275. The number of benzene rings is 2. The van der Waals surface area contributed by atoms with Gasteiger partial charge >= 0.3 is 0 Å². The Balaban J connectivity index is 1.91. The number of amides is 2.